The van der Waals surface area contributed by atoms with Gasteiger partial charge in [0.25, 0.3) is 10.1 Å². The summed E-state index contributed by atoms with van der Waals surface area (Å²) in [6.45, 7) is 0. The molecule has 4 nitrogen and oxygen atoms in total. The Morgan fingerprint density at radius 1 is 1.53 bits per heavy atom. The van der Waals surface area contributed by atoms with Gasteiger partial charge in [0.05, 0.1) is 12.3 Å². The summed E-state index contributed by atoms with van der Waals surface area (Å²) >= 11 is 6.80. The number of nitrogens with zero attached hydrogens (tertiary/aromatic N) is 1. The van der Waals surface area contributed by atoms with Gasteiger partial charge in [-0.05, 0) is 0 Å². The number of fused-ring (bicyclic) bond motifs is 2. The fourth-order valence-electron chi connectivity index (χ4n) is 2.15. The molecule has 0 aromatic carbocycles. The molecule has 2 aliphatic carbocycles. The third kappa shape index (κ3) is 2.24. The van der Waals surface area contributed by atoms with Gasteiger partial charge in [0.15, 0.2) is 0 Å². The van der Waals surface area contributed by atoms with E-state index in [-0.39, 0.29) is 11.8 Å². The highest BCUT2D eigenvalue weighted by Gasteiger charge is 2.54. The van der Waals surface area contributed by atoms with Gasteiger partial charge in [-0.1, -0.05) is 50.1 Å². The number of halogens is 2. The molecule has 7 heteroatoms. The van der Waals surface area contributed by atoms with E-state index < -0.39 is 20.5 Å². The molecule has 2 bridgehead atoms. The lowest BCUT2D eigenvalue weighted by molar-refractivity contribution is 0.190. The minimum Gasteiger partial charge on any atom is -0.262 e. The zero-order valence-electron chi connectivity index (χ0n) is 8.80. The lowest BCUT2D eigenvalue weighted by atomic mass is 9.81. The number of nitriles is 1. The lowest BCUT2D eigenvalue weighted by Crippen LogP contribution is -2.42. The Morgan fingerprint density at radius 3 is 2.71 bits per heavy atom. The smallest absolute Gasteiger partial charge is 0.262 e. The van der Waals surface area contributed by atoms with Crippen LogP contribution in [0.2, 0.25) is 0 Å². The van der Waals surface area contributed by atoms with Gasteiger partial charge in [-0.3, -0.25) is 4.18 Å². The number of alkyl halides is 1. The summed E-state index contributed by atoms with van der Waals surface area (Å²) in [5.41, 5.74) is 0. The number of allylic oxidation sites excluding steroid dienone is 2. The first-order chi connectivity index (χ1) is 7.78. The van der Waals surface area contributed by atoms with E-state index in [1.807, 2.05) is 6.08 Å². The molecule has 0 spiro atoms. The molecule has 0 radical (unpaired) electrons. The van der Waals surface area contributed by atoms with Gasteiger partial charge in [-0.25, -0.2) is 0 Å². The van der Waals surface area contributed by atoms with Crippen molar-refractivity contribution in [2.45, 2.75) is 10.4 Å². The normalized spacial score (nSPS) is 39.9. The Balaban J connectivity index is 2.40. The van der Waals surface area contributed by atoms with Gasteiger partial charge in [-0.15, -0.1) is 0 Å². The van der Waals surface area contributed by atoms with E-state index in [1.165, 1.54) is 0 Å². The molecule has 0 saturated heterocycles. The van der Waals surface area contributed by atoms with E-state index in [2.05, 4.69) is 37.9 Å². The zero-order chi connectivity index (χ0) is 12.8. The minimum atomic E-state index is -3.55. The van der Waals surface area contributed by atoms with Crippen molar-refractivity contribution < 1.29 is 12.6 Å². The predicted octanol–water partition coefficient (Wildman–Crippen LogP) is 2.08. The molecule has 4 atom stereocenters. The van der Waals surface area contributed by atoms with Crippen molar-refractivity contribution in [3.8, 4) is 6.07 Å². The van der Waals surface area contributed by atoms with E-state index in [0.717, 1.165) is 10.7 Å². The standard InChI is InChI=1S/C10H9Br2NO3S/c1-17(14,15)16-9-3-2-6-8(11)4-7(9)10(6,12)5-13/h2-4,6-7,9H,1H3. The molecule has 0 aromatic rings. The highest BCUT2D eigenvalue weighted by atomic mass is 79.9. The third-order valence-electron chi connectivity index (χ3n) is 2.88. The summed E-state index contributed by atoms with van der Waals surface area (Å²) in [6.07, 6.45) is 5.67. The molecule has 2 rings (SSSR count). The molecule has 0 heterocycles. The third-order valence-corrected chi connectivity index (χ3v) is 5.41. The second-order valence-electron chi connectivity index (χ2n) is 4.08. The topological polar surface area (TPSA) is 67.2 Å². The van der Waals surface area contributed by atoms with Gasteiger partial charge in [0, 0.05) is 16.3 Å². The summed E-state index contributed by atoms with van der Waals surface area (Å²) in [6, 6.07) is 2.20. The van der Waals surface area contributed by atoms with Crippen molar-refractivity contribution in [3.05, 3.63) is 22.7 Å². The molecule has 0 aliphatic heterocycles. The van der Waals surface area contributed by atoms with Crippen LogP contribution in [0.15, 0.2) is 22.7 Å². The van der Waals surface area contributed by atoms with Crippen LogP contribution in [0.3, 0.4) is 0 Å². The van der Waals surface area contributed by atoms with Crippen LogP contribution in [-0.4, -0.2) is 25.1 Å². The monoisotopic (exact) mass is 381 g/mol. The molecule has 4 unspecified atom stereocenters. The Labute approximate surface area is 117 Å². The Hall–Kier alpha value is -0.160. The van der Waals surface area contributed by atoms with Crippen LogP contribution < -0.4 is 0 Å². The lowest BCUT2D eigenvalue weighted by Gasteiger charge is -2.34. The van der Waals surface area contributed by atoms with E-state index in [9.17, 15) is 13.7 Å². The molecule has 0 fully saturated rings. The summed E-state index contributed by atoms with van der Waals surface area (Å²) in [5, 5.41) is 9.28. The summed E-state index contributed by atoms with van der Waals surface area (Å²) in [5.74, 6) is -0.427. The number of hydrogen-bond donors (Lipinski definition) is 0. The Kier molecular flexibility index (Phi) is 3.28. The second kappa shape index (κ2) is 4.19. The van der Waals surface area contributed by atoms with Crippen LogP contribution in [-0.2, 0) is 14.3 Å². The summed E-state index contributed by atoms with van der Waals surface area (Å²) in [4.78, 5) is 0. The van der Waals surface area contributed by atoms with Gasteiger partial charge >= 0.3 is 0 Å². The van der Waals surface area contributed by atoms with Crippen LogP contribution in [0, 0.1) is 23.2 Å². The van der Waals surface area contributed by atoms with Crippen molar-refractivity contribution in [2.75, 3.05) is 6.26 Å². The average molecular weight is 383 g/mol. The van der Waals surface area contributed by atoms with Crippen LogP contribution in [0.1, 0.15) is 0 Å². The maximum absolute atomic E-state index is 11.2. The second-order valence-corrected chi connectivity index (χ2v) is 7.91. The summed E-state index contributed by atoms with van der Waals surface area (Å²) in [7, 11) is -3.55. The maximum atomic E-state index is 11.2. The molecule has 0 aromatic heterocycles. The number of rotatable bonds is 2. The van der Waals surface area contributed by atoms with Crippen molar-refractivity contribution >= 4 is 42.0 Å². The first kappa shape index (κ1) is 13.3. The highest BCUT2D eigenvalue weighted by Crippen LogP contribution is 2.53. The van der Waals surface area contributed by atoms with Crippen molar-refractivity contribution in [3.63, 3.8) is 0 Å². The predicted molar refractivity (Wildman–Crippen MR) is 70.1 cm³/mol. The zero-order valence-corrected chi connectivity index (χ0v) is 12.8. The first-order valence-electron chi connectivity index (χ1n) is 4.82. The van der Waals surface area contributed by atoms with E-state index >= 15 is 0 Å². The SMILES string of the molecule is CS(=O)(=O)OC1C=CC2C(Br)=CC1C2(Br)C#N. The largest absolute Gasteiger partial charge is 0.264 e. The van der Waals surface area contributed by atoms with Gasteiger partial charge in [-0.2, -0.15) is 13.7 Å². The highest BCUT2D eigenvalue weighted by molar-refractivity contribution is 9.12. The van der Waals surface area contributed by atoms with E-state index in [4.69, 9.17) is 4.18 Å². The molecule has 17 heavy (non-hydrogen) atoms. The fraction of sp³-hybridized carbons (Fsp3) is 0.500. The number of hydrogen-bond acceptors (Lipinski definition) is 4. The van der Waals surface area contributed by atoms with Crippen LogP contribution >= 0.6 is 31.9 Å². The fourth-order valence-corrected chi connectivity index (χ4v) is 4.63. The van der Waals surface area contributed by atoms with E-state index in [0.29, 0.717) is 0 Å². The van der Waals surface area contributed by atoms with Crippen LogP contribution in [0.4, 0.5) is 0 Å². The molecular weight excluding hydrogens is 374 g/mol. The molecule has 0 saturated carbocycles. The first-order valence-corrected chi connectivity index (χ1v) is 8.22. The molecule has 92 valence electrons. The average Bonchev–Trinajstić information content (AvgIpc) is 2.34. The van der Waals surface area contributed by atoms with Gasteiger partial charge < -0.3 is 0 Å². The Morgan fingerprint density at radius 2 is 2.18 bits per heavy atom. The molecule has 0 N–H and O–H groups in total. The van der Waals surface area contributed by atoms with Crippen molar-refractivity contribution in [1.29, 1.82) is 5.26 Å². The van der Waals surface area contributed by atoms with Gasteiger partial charge in [0.2, 0.25) is 0 Å². The maximum Gasteiger partial charge on any atom is 0.264 e. The minimum absolute atomic E-state index is 0.100. The van der Waals surface area contributed by atoms with E-state index in [1.54, 1.807) is 12.2 Å². The quantitative estimate of drug-likeness (QED) is 0.416. The van der Waals surface area contributed by atoms with Crippen molar-refractivity contribution in [2.24, 2.45) is 11.8 Å². The molecule has 2 aliphatic rings. The van der Waals surface area contributed by atoms with Crippen molar-refractivity contribution in [1.82, 2.24) is 0 Å². The summed E-state index contributed by atoms with van der Waals surface area (Å²) < 4.78 is 27.4. The molecular formula is C10H9Br2NO3S. The van der Waals surface area contributed by atoms with Crippen LogP contribution in [0.25, 0.3) is 0 Å². The molecule has 0 amide bonds. The van der Waals surface area contributed by atoms with Gasteiger partial charge in [0.1, 0.15) is 10.4 Å². The van der Waals surface area contributed by atoms with Crippen LogP contribution in [0.5, 0.6) is 0 Å². The Bertz CT molecular complexity index is 548.